The molecule has 0 aliphatic carbocycles. The van der Waals surface area contributed by atoms with Crippen LogP contribution in [0.4, 0.5) is 4.39 Å². The number of ether oxygens (including phenoxy) is 1. The van der Waals surface area contributed by atoms with Crippen LogP contribution in [0.15, 0.2) is 48.7 Å². The van der Waals surface area contributed by atoms with Gasteiger partial charge in [-0.15, -0.1) is 0 Å². The van der Waals surface area contributed by atoms with E-state index in [4.69, 9.17) is 4.74 Å². The molecule has 0 atom stereocenters. The Bertz CT molecular complexity index is 892. The largest absolute Gasteiger partial charge is 1.00 e. The number of hydrogen-bond acceptors (Lipinski definition) is 3. The fourth-order valence-electron chi connectivity index (χ4n) is 2.75. The molecule has 1 aromatic heterocycles. The van der Waals surface area contributed by atoms with Gasteiger partial charge in [-0.05, 0) is 36.8 Å². The number of nitrogens with zero attached hydrogens (tertiary/aromatic N) is 1. The molecule has 0 aliphatic heterocycles. The van der Waals surface area contributed by atoms with E-state index >= 15 is 0 Å². The van der Waals surface area contributed by atoms with E-state index in [1.807, 2.05) is 17.6 Å². The van der Waals surface area contributed by atoms with Crippen molar-refractivity contribution in [3.8, 4) is 5.75 Å². The molecule has 6 heteroatoms. The summed E-state index contributed by atoms with van der Waals surface area (Å²) in [5.74, 6) is -0.909. The van der Waals surface area contributed by atoms with Gasteiger partial charge < -0.3 is 19.2 Å². The van der Waals surface area contributed by atoms with Crippen LogP contribution in [0, 0.1) is 5.82 Å². The average molecular weight is 349 g/mol. The van der Waals surface area contributed by atoms with Gasteiger partial charge in [0, 0.05) is 28.2 Å². The van der Waals surface area contributed by atoms with Gasteiger partial charge in [-0.25, -0.2) is 4.39 Å². The summed E-state index contributed by atoms with van der Waals surface area (Å²) in [5, 5.41) is 11.8. The van der Waals surface area contributed by atoms with Gasteiger partial charge in [-0.1, -0.05) is 19.1 Å². The quantitative estimate of drug-likeness (QED) is 0.588. The van der Waals surface area contributed by atoms with Crippen LogP contribution in [-0.2, 0) is 6.54 Å². The maximum atomic E-state index is 13.6. The van der Waals surface area contributed by atoms with E-state index in [1.165, 1.54) is 18.2 Å². The molecule has 4 nitrogen and oxygen atoms in total. The van der Waals surface area contributed by atoms with Crippen LogP contribution < -0.4 is 39.4 Å². The molecule has 0 bridgehead atoms. The molecule has 0 radical (unpaired) electrons. The number of rotatable bonds is 6. The summed E-state index contributed by atoms with van der Waals surface area (Å²) in [6.07, 6.45) is 2.64. The number of halogens is 1. The van der Waals surface area contributed by atoms with Gasteiger partial charge >= 0.3 is 29.6 Å². The molecule has 3 rings (SSSR count). The Balaban J connectivity index is 0.00000225. The van der Waals surface area contributed by atoms with Gasteiger partial charge in [0.05, 0.1) is 19.1 Å². The third-order valence-electron chi connectivity index (χ3n) is 3.86. The average Bonchev–Trinajstić information content (AvgIpc) is 2.97. The number of benzene rings is 2. The van der Waals surface area contributed by atoms with Crippen molar-refractivity contribution in [1.29, 1.82) is 0 Å². The summed E-state index contributed by atoms with van der Waals surface area (Å²) in [4.78, 5) is 11.2. The SMILES string of the molecule is CCCOc1ccc(F)cc1Cn1ccc2c(C(=O)[O-])cccc21.[Na+]. The number of fused-ring (bicyclic) bond motifs is 1. The molecule has 0 fully saturated rings. The van der Waals surface area contributed by atoms with Gasteiger partial charge in [0.25, 0.3) is 0 Å². The molecule has 25 heavy (non-hydrogen) atoms. The first-order valence-corrected chi connectivity index (χ1v) is 7.80. The number of carbonyl (C=O) groups is 1. The topological polar surface area (TPSA) is 54.3 Å². The molecule has 124 valence electrons. The zero-order valence-corrected chi connectivity index (χ0v) is 16.3. The summed E-state index contributed by atoms with van der Waals surface area (Å²) in [5.41, 5.74) is 1.61. The molecule has 0 aliphatic rings. The summed E-state index contributed by atoms with van der Waals surface area (Å²) < 4.78 is 21.2. The first-order valence-electron chi connectivity index (χ1n) is 7.80. The van der Waals surface area contributed by atoms with E-state index in [0.717, 1.165) is 11.9 Å². The van der Waals surface area contributed by atoms with E-state index in [9.17, 15) is 14.3 Å². The van der Waals surface area contributed by atoms with Crippen molar-refractivity contribution >= 4 is 16.9 Å². The number of hydrogen-bond donors (Lipinski definition) is 0. The molecule has 3 aromatic rings. The van der Waals surface area contributed by atoms with E-state index in [-0.39, 0.29) is 40.9 Å². The van der Waals surface area contributed by atoms with Crippen molar-refractivity contribution in [3.05, 3.63) is 65.6 Å². The van der Waals surface area contributed by atoms with Crippen LogP contribution in [0.2, 0.25) is 0 Å². The first-order chi connectivity index (χ1) is 11.6. The van der Waals surface area contributed by atoms with Crippen molar-refractivity contribution in [1.82, 2.24) is 4.57 Å². The Hall–Kier alpha value is -1.82. The minimum atomic E-state index is -1.21. The molecule has 0 unspecified atom stereocenters. The van der Waals surface area contributed by atoms with Crippen molar-refractivity contribution in [2.75, 3.05) is 6.61 Å². The van der Waals surface area contributed by atoms with Crippen molar-refractivity contribution < 1.29 is 48.6 Å². The molecular weight excluding hydrogens is 332 g/mol. The van der Waals surface area contributed by atoms with Crippen molar-refractivity contribution in [3.63, 3.8) is 0 Å². The van der Waals surface area contributed by atoms with Gasteiger partial charge in [0.15, 0.2) is 0 Å². The monoisotopic (exact) mass is 349 g/mol. The molecule has 0 saturated carbocycles. The Morgan fingerprint density at radius 1 is 1.24 bits per heavy atom. The number of carbonyl (C=O) groups excluding carboxylic acids is 1. The van der Waals surface area contributed by atoms with Gasteiger partial charge in [-0.3, -0.25) is 0 Å². The second-order valence-corrected chi connectivity index (χ2v) is 5.57. The van der Waals surface area contributed by atoms with Crippen LogP contribution in [0.5, 0.6) is 5.75 Å². The van der Waals surface area contributed by atoms with Gasteiger partial charge in [-0.2, -0.15) is 0 Å². The maximum Gasteiger partial charge on any atom is 1.00 e. The number of carboxylic acid groups (broad SMARTS) is 1. The number of aromatic carboxylic acids is 1. The molecule has 0 amide bonds. The Kier molecular flexibility index (Phi) is 6.64. The Morgan fingerprint density at radius 2 is 2.04 bits per heavy atom. The van der Waals surface area contributed by atoms with E-state index in [2.05, 4.69) is 0 Å². The predicted molar refractivity (Wildman–Crippen MR) is 87.6 cm³/mol. The molecule has 1 heterocycles. The summed E-state index contributed by atoms with van der Waals surface area (Å²) in [6.45, 7) is 2.95. The van der Waals surface area contributed by atoms with E-state index in [0.29, 0.717) is 29.9 Å². The minimum Gasteiger partial charge on any atom is -0.545 e. The van der Waals surface area contributed by atoms with Gasteiger partial charge in [0.1, 0.15) is 11.6 Å². The normalized spacial score (nSPS) is 10.5. The zero-order valence-electron chi connectivity index (χ0n) is 14.3. The first kappa shape index (κ1) is 19.5. The van der Waals surface area contributed by atoms with Gasteiger partial charge in [0.2, 0.25) is 0 Å². The number of carboxylic acids is 1. The molecular formula is C19H17FNNaO3. The van der Waals surface area contributed by atoms with Crippen LogP contribution in [-0.4, -0.2) is 17.1 Å². The predicted octanol–water partition coefficient (Wildman–Crippen LogP) is -0.0150. The summed E-state index contributed by atoms with van der Waals surface area (Å²) >= 11 is 0. The smallest absolute Gasteiger partial charge is 0.545 e. The third kappa shape index (κ3) is 4.24. The number of aromatic nitrogens is 1. The van der Waals surface area contributed by atoms with Crippen LogP contribution in [0.1, 0.15) is 29.3 Å². The summed E-state index contributed by atoms with van der Waals surface area (Å²) in [6, 6.07) is 11.2. The van der Waals surface area contributed by atoms with E-state index in [1.54, 1.807) is 24.4 Å². The second kappa shape index (κ2) is 8.52. The van der Waals surface area contributed by atoms with Crippen LogP contribution in [0.3, 0.4) is 0 Å². The standard InChI is InChI=1S/C19H18FNO3.Na/c1-2-10-24-18-7-6-14(20)11-13(18)12-21-9-8-15-16(19(22)23)4-3-5-17(15)21;/h3-9,11H,2,10,12H2,1H3,(H,22,23);/q;+1/p-1. The molecule has 0 saturated heterocycles. The molecule has 2 aromatic carbocycles. The molecule has 0 N–H and O–H groups in total. The fourth-order valence-corrected chi connectivity index (χ4v) is 2.75. The van der Waals surface area contributed by atoms with Crippen LogP contribution >= 0.6 is 0 Å². The molecule has 0 spiro atoms. The summed E-state index contributed by atoms with van der Waals surface area (Å²) in [7, 11) is 0. The second-order valence-electron chi connectivity index (χ2n) is 5.57. The van der Waals surface area contributed by atoms with E-state index < -0.39 is 5.97 Å². The maximum absolute atomic E-state index is 13.6. The van der Waals surface area contributed by atoms with Crippen molar-refractivity contribution in [2.45, 2.75) is 19.9 Å². The third-order valence-corrected chi connectivity index (χ3v) is 3.86. The zero-order chi connectivity index (χ0) is 17.1. The Labute approximate surface area is 167 Å². The van der Waals surface area contributed by atoms with Crippen LogP contribution in [0.25, 0.3) is 10.9 Å². The minimum absolute atomic E-state index is 0. The fraction of sp³-hybridized carbons (Fsp3) is 0.211. The Morgan fingerprint density at radius 3 is 2.76 bits per heavy atom. The van der Waals surface area contributed by atoms with Crippen molar-refractivity contribution in [2.24, 2.45) is 0 Å².